The van der Waals surface area contributed by atoms with Crippen LogP contribution in [0.3, 0.4) is 0 Å². The molecule has 23 heavy (non-hydrogen) atoms. The second-order valence-corrected chi connectivity index (χ2v) is 5.57. The van der Waals surface area contributed by atoms with Crippen molar-refractivity contribution in [2.24, 2.45) is 5.92 Å². The van der Waals surface area contributed by atoms with Crippen LogP contribution in [-0.4, -0.2) is 42.0 Å². The van der Waals surface area contributed by atoms with Gasteiger partial charge in [-0.2, -0.15) is 0 Å². The van der Waals surface area contributed by atoms with Crippen molar-refractivity contribution in [3.8, 4) is 0 Å². The van der Waals surface area contributed by atoms with Crippen molar-refractivity contribution in [1.29, 1.82) is 0 Å². The fraction of sp³-hybridized carbons (Fsp3) is 0.471. The maximum absolute atomic E-state index is 11.8. The highest BCUT2D eigenvalue weighted by Gasteiger charge is 2.26. The monoisotopic (exact) mass is 318 g/mol. The fourth-order valence-electron chi connectivity index (χ4n) is 2.80. The van der Waals surface area contributed by atoms with Gasteiger partial charge in [0.05, 0.1) is 23.0 Å². The van der Waals surface area contributed by atoms with E-state index in [0.29, 0.717) is 25.3 Å². The van der Waals surface area contributed by atoms with Gasteiger partial charge in [0.2, 0.25) is 0 Å². The zero-order valence-electron chi connectivity index (χ0n) is 13.3. The smallest absolute Gasteiger partial charge is 0.310 e. The number of piperidine rings is 1. The summed E-state index contributed by atoms with van der Waals surface area (Å²) in [5, 5.41) is 11.0. The number of likely N-dealkylation sites (tertiary alicyclic amines) is 1. The third-order valence-corrected chi connectivity index (χ3v) is 3.92. The lowest BCUT2D eigenvalue weighted by atomic mass is 9.98. The van der Waals surface area contributed by atoms with Crippen LogP contribution in [0.4, 0.5) is 5.69 Å². The summed E-state index contributed by atoms with van der Waals surface area (Å²) in [4.78, 5) is 24.6. The van der Waals surface area contributed by atoms with Crippen molar-refractivity contribution >= 4 is 17.7 Å². The molecule has 0 saturated carbocycles. The quantitative estimate of drug-likeness (QED) is 0.458. The van der Waals surface area contributed by atoms with Crippen LogP contribution < -0.4 is 0 Å². The van der Waals surface area contributed by atoms with Crippen LogP contribution in [0.25, 0.3) is 6.08 Å². The van der Waals surface area contributed by atoms with E-state index in [-0.39, 0.29) is 22.5 Å². The lowest BCUT2D eigenvalue weighted by Crippen LogP contribution is -2.39. The van der Waals surface area contributed by atoms with Gasteiger partial charge in [-0.3, -0.25) is 19.8 Å². The summed E-state index contributed by atoms with van der Waals surface area (Å²) in [5.74, 6) is -0.192. The number of carbonyl (C=O) groups is 1. The first-order valence-electron chi connectivity index (χ1n) is 7.90. The van der Waals surface area contributed by atoms with Crippen LogP contribution in [0.2, 0.25) is 0 Å². The summed E-state index contributed by atoms with van der Waals surface area (Å²) >= 11 is 0. The molecule has 0 aliphatic carbocycles. The van der Waals surface area contributed by atoms with E-state index in [4.69, 9.17) is 4.74 Å². The predicted molar refractivity (Wildman–Crippen MR) is 87.9 cm³/mol. The van der Waals surface area contributed by atoms with E-state index < -0.39 is 0 Å². The number of nitro groups is 1. The Balaban J connectivity index is 1.93. The summed E-state index contributed by atoms with van der Waals surface area (Å²) in [6.45, 7) is 4.50. The molecule has 0 bridgehead atoms. The van der Waals surface area contributed by atoms with E-state index in [1.54, 1.807) is 24.3 Å². The zero-order valence-corrected chi connectivity index (χ0v) is 13.3. The first-order valence-corrected chi connectivity index (χ1v) is 7.90. The Kier molecular flexibility index (Phi) is 6.29. The minimum absolute atomic E-state index is 0.0665. The van der Waals surface area contributed by atoms with Gasteiger partial charge in [0.15, 0.2) is 0 Å². The standard InChI is InChI=1S/C17H22N2O4/c1-2-23-17(20)15-9-6-12-18(13-15)11-5-8-14-7-3-4-10-16(14)19(21)22/h3-5,7-8,10,15H,2,6,9,11-13H2,1H3/b8-5+/t15-/m1/s1. The largest absolute Gasteiger partial charge is 0.466 e. The number of carbonyl (C=O) groups excluding carboxylic acids is 1. The molecule has 1 aliphatic rings. The molecular formula is C17H22N2O4. The van der Waals surface area contributed by atoms with Crippen molar-refractivity contribution in [2.75, 3.05) is 26.2 Å². The molecule has 1 aromatic rings. The Morgan fingerprint density at radius 1 is 1.48 bits per heavy atom. The Morgan fingerprint density at radius 2 is 2.26 bits per heavy atom. The van der Waals surface area contributed by atoms with E-state index in [2.05, 4.69) is 4.90 Å². The van der Waals surface area contributed by atoms with Crippen LogP contribution in [0.15, 0.2) is 30.3 Å². The average Bonchev–Trinajstić information content (AvgIpc) is 2.55. The van der Waals surface area contributed by atoms with Crippen molar-refractivity contribution in [2.45, 2.75) is 19.8 Å². The highest BCUT2D eigenvalue weighted by atomic mass is 16.6. The molecule has 1 atom stereocenters. The van der Waals surface area contributed by atoms with E-state index >= 15 is 0 Å². The molecule has 0 radical (unpaired) electrons. The molecule has 6 heteroatoms. The van der Waals surface area contributed by atoms with E-state index in [9.17, 15) is 14.9 Å². The van der Waals surface area contributed by atoms with Crippen molar-refractivity contribution < 1.29 is 14.5 Å². The van der Waals surface area contributed by atoms with Crippen LogP contribution >= 0.6 is 0 Å². The molecular weight excluding hydrogens is 296 g/mol. The lowest BCUT2D eigenvalue weighted by molar-refractivity contribution is -0.385. The molecule has 1 heterocycles. The molecule has 1 saturated heterocycles. The predicted octanol–water partition coefficient (Wildman–Crippen LogP) is 2.88. The van der Waals surface area contributed by atoms with Crippen molar-refractivity contribution in [3.05, 3.63) is 46.0 Å². The number of hydrogen-bond donors (Lipinski definition) is 0. The Hall–Kier alpha value is -2.21. The van der Waals surface area contributed by atoms with E-state index in [0.717, 1.165) is 19.4 Å². The number of ether oxygens (including phenoxy) is 1. The van der Waals surface area contributed by atoms with Crippen LogP contribution in [-0.2, 0) is 9.53 Å². The van der Waals surface area contributed by atoms with E-state index in [1.165, 1.54) is 6.07 Å². The number of benzene rings is 1. The minimum atomic E-state index is -0.378. The summed E-state index contributed by atoms with van der Waals surface area (Å²) in [5.41, 5.74) is 0.697. The summed E-state index contributed by atoms with van der Waals surface area (Å²) in [6, 6.07) is 6.66. The van der Waals surface area contributed by atoms with E-state index in [1.807, 2.05) is 13.0 Å². The maximum atomic E-state index is 11.8. The second-order valence-electron chi connectivity index (χ2n) is 5.57. The molecule has 124 valence electrons. The molecule has 6 nitrogen and oxygen atoms in total. The van der Waals surface area contributed by atoms with Crippen molar-refractivity contribution in [3.63, 3.8) is 0 Å². The Bertz CT molecular complexity index is 586. The highest BCUT2D eigenvalue weighted by Crippen LogP contribution is 2.20. The zero-order chi connectivity index (χ0) is 16.7. The summed E-state index contributed by atoms with van der Waals surface area (Å²) in [6.07, 6.45) is 5.51. The van der Waals surface area contributed by atoms with Crippen LogP contribution in [0, 0.1) is 16.0 Å². The first-order chi connectivity index (χ1) is 11.1. The average molecular weight is 318 g/mol. The minimum Gasteiger partial charge on any atom is -0.466 e. The normalized spacial score (nSPS) is 18.9. The number of nitrogens with zero attached hydrogens (tertiary/aromatic N) is 2. The number of rotatable bonds is 6. The number of hydrogen-bond acceptors (Lipinski definition) is 5. The fourth-order valence-corrected chi connectivity index (χ4v) is 2.80. The van der Waals surface area contributed by atoms with Crippen LogP contribution in [0.1, 0.15) is 25.3 Å². The second kappa shape index (κ2) is 8.43. The molecule has 0 aromatic heterocycles. The molecule has 0 N–H and O–H groups in total. The number of para-hydroxylation sites is 1. The molecule has 1 aliphatic heterocycles. The van der Waals surface area contributed by atoms with Gasteiger partial charge in [-0.15, -0.1) is 0 Å². The highest BCUT2D eigenvalue weighted by molar-refractivity contribution is 5.72. The SMILES string of the molecule is CCOC(=O)[C@@H]1CCCN(C/C=C/c2ccccc2[N+](=O)[O-])C1. The van der Waals surface area contributed by atoms with Gasteiger partial charge in [0, 0.05) is 19.2 Å². The summed E-state index contributed by atoms with van der Waals surface area (Å²) in [7, 11) is 0. The van der Waals surface area contributed by atoms with Gasteiger partial charge >= 0.3 is 5.97 Å². The number of esters is 1. The first kappa shape index (κ1) is 17.1. The van der Waals surface area contributed by atoms with Gasteiger partial charge in [0.1, 0.15) is 0 Å². The molecule has 1 fully saturated rings. The Labute approximate surface area is 135 Å². The topological polar surface area (TPSA) is 72.7 Å². The third kappa shape index (κ3) is 4.89. The van der Waals surface area contributed by atoms with Crippen molar-refractivity contribution in [1.82, 2.24) is 4.90 Å². The molecule has 2 rings (SSSR count). The van der Waals surface area contributed by atoms with Crippen LogP contribution in [0.5, 0.6) is 0 Å². The Morgan fingerprint density at radius 3 is 3.00 bits per heavy atom. The van der Waals surface area contributed by atoms with Gasteiger partial charge in [-0.25, -0.2) is 0 Å². The van der Waals surface area contributed by atoms with Gasteiger partial charge in [0.25, 0.3) is 5.69 Å². The lowest BCUT2D eigenvalue weighted by Gasteiger charge is -2.30. The van der Waals surface area contributed by atoms with Gasteiger partial charge in [-0.05, 0) is 32.4 Å². The summed E-state index contributed by atoms with van der Waals surface area (Å²) < 4.78 is 5.09. The van der Waals surface area contributed by atoms with Gasteiger partial charge in [-0.1, -0.05) is 24.3 Å². The number of nitro benzene ring substituents is 1. The molecule has 1 aromatic carbocycles. The van der Waals surface area contributed by atoms with Gasteiger partial charge < -0.3 is 4.74 Å². The molecule has 0 spiro atoms. The molecule has 0 amide bonds. The molecule has 0 unspecified atom stereocenters. The third-order valence-electron chi connectivity index (χ3n) is 3.92. The maximum Gasteiger partial charge on any atom is 0.310 e.